The van der Waals surface area contributed by atoms with E-state index in [1.54, 1.807) is 12.1 Å². The Bertz CT molecular complexity index is 616. The number of aliphatic hydroxyl groups is 1. The van der Waals surface area contributed by atoms with Gasteiger partial charge in [0.1, 0.15) is 0 Å². The average molecular weight is 389 g/mol. The van der Waals surface area contributed by atoms with E-state index in [0.717, 1.165) is 43.0 Å². The number of piperidine rings is 1. The Morgan fingerprint density at radius 1 is 1.19 bits per heavy atom. The van der Waals surface area contributed by atoms with Crippen LogP contribution in [0.15, 0.2) is 12.1 Å². The van der Waals surface area contributed by atoms with Gasteiger partial charge < -0.3 is 14.6 Å². The molecule has 0 saturated carbocycles. The van der Waals surface area contributed by atoms with Gasteiger partial charge in [0.15, 0.2) is 18.1 Å². The molecule has 0 amide bonds. The molecule has 1 N–H and O–H groups in total. The summed E-state index contributed by atoms with van der Waals surface area (Å²) in [6.07, 6.45) is -2.57. The second-order valence-electron chi connectivity index (χ2n) is 7.82. The molecule has 7 heteroatoms. The van der Waals surface area contributed by atoms with E-state index < -0.39 is 12.8 Å². The zero-order chi connectivity index (χ0) is 20.2. The van der Waals surface area contributed by atoms with E-state index in [-0.39, 0.29) is 17.9 Å². The van der Waals surface area contributed by atoms with Crippen molar-refractivity contribution in [3.05, 3.63) is 23.3 Å². The Labute approximate surface area is 159 Å². The van der Waals surface area contributed by atoms with Crippen molar-refractivity contribution >= 4 is 0 Å². The number of rotatable bonds is 3. The number of nitrogens with zero attached hydrogens (tertiary/aromatic N) is 1. The minimum atomic E-state index is -4.38. The number of halogens is 3. The maximum atomic E-state index is 12.4. The molecule has 0 spiro atoms. The highest BCUT2D eigenvalue weighted by atomic mass is 19.4. The van der Waals surface area contributed by atoms with E-state index in [1.807, 2.05) is 0 Å². The first-order valence-electron chi connectivity index (χ1n) is 9.43. The van der Waals surface area contributed by atoms with E-state index in [1.165, 1.54) is 7.11 Å². The number of benzene rings is 1. The lowest BCUT2D eigenvalue weighted by molar-refractivity contribution is -0.153. The third-order valence-corrected chi connectivity index (χ3v) is 4.53. The molecule has 3 rings (SSSR count). The van der Waals surface area contributed by atoms with E-state index >= 15 is 0 Å². The second-order valence-corrected chi connectivity index (χ2v) is 7.82. The van der Waals surface area contributed by atoms with Gasteiger partial charge in [0, 0.05) is 19.1 Å². The van der Waals surface area contributed by atoms with Crippen LogP contribution in [-0.2, 0) is 6.42 Å². The lowest BCUT2D eigenvalue weighted by atomic mass is 9.85. The van der Waals surface area contributed by atoms with E-state index in [2.05, 4.69) is 25.7 Å². The van der Waals surface area contributed by atoms with E-state index in [4.69, 9.17) is 9.47 Å². The van der Waals surface area contributed by atoms with Crippen molar-refractivity contribution in [2.24, 2.45) is 5.92 Å². The molecule has 2 unspecified atom stereocenters. The van der Waals surface area contributed by atoms with Gasteiger partial charge in [0.2, 0.25) is 0 Å². The molecule has 0 bridgehead atoms. The molecule has 2 atom stereocenters. The average Bonchev–Trinajstić information content (AvgIpc) is 2.57. The first-order valence-corrected chi connectivity index (χ1v) is 9.43. The molecule has 1 aromatic carbocycles. The highest BCUT2D eigenvalue weighted by Gasteiger charge is 2.34. The van der Waals surface area contributed by atoms with Crippen LogP contribution in [0.1, 0.15) is 50.8 Å². The SMILES string of the molecule is CC(C)C.COc1cc2c(cc1OCC(F)(F)F)CCN1CCC(O)CC21. The summed E-state index contributed by atoms with van der Waals surface area (Å²) in [6.45, 7) is 6.84. The summed E-state index contributed by atoms with van der Waals surface area (Å²) in [5.74, 6) is 1.25. The fourth-order valence-electron chi connectivity index (χ4n) is 3.43. The number of hydrogen-bond acceptors (Lipinski definition) is 4. The molecule has 4 nitrogen and oxygen atoms in total. The Morgan fingerprint density at radius 3 is 2.44 bits per heavy atom. The Morgan fingerprint density at radius 2 is 1.85 bits per heavy atom. The van der Waals surface area contributed by atoms with Gasteiger partial charge in [-0.2, -0.15) is 13.2 Å². The summed E-state index contributed by atoms with van der Waals surface area (Å²) in [5, 5.41) is 9.92. The maximum absolute atomic E-state index is 12.4. The molecule has 0 aliphatic carbocycles. The smallest absolute Gasteiger partial charge is 0.422 e. The molecular formula is C20H30F3NO3. The normalized spacial score (nSPS) is 22.4. The molecule has 2 aliphatic heterocycles. The van der Waals surface area contributed by atoms with Crippen molar-refractivity contribution in [2.45, 2.75) is 58.4 Å². The van der Waals surface area contributed by atoms with Crippen LogP contribution in [0, 0.1) is 5.92 Å². The van der Waals surface area contributed by atoms with Crippen LogP contribution in [0.25, 0.3) is 0 Å². The first-order chi connectivity index (χ1) is 12.6. The quantitative estimate of drug-likeness (QED) is 0.835. The number of fused-ring (bicyclic) bond motifs is 3. The Hall–Kier alpha value is -1.47. The second kappa shape index (κ2) is 9.15. The lowest BCUT2D eigenvalue weighted by Crippen LogP contribution is -2.42. The molecule has 0 radical (unpaired) electrons. The lowest BCUT2D eigenvalue weighted by Gasteiger charge is -2.42. The van der Waals surface area contributed by atoms with Crippen LogP contribution in [0.3, 0.4) is 0 Å². The zero-order valence-electron chi connectivity index (χ0n) is 16.5. The molecule has 0 aromatic heterocycles. The van der Waals surface area contributed by atoms with Gasteiger partial charge >= 0.3 is 6.18 Å². The van der Waals surface area contributed by atoms with Crippen molar-refractivity contribution < 1.29 is 27.8 Å². The Balaban J connectivity index is 0.000000596. The number of methoxy groups -OCH3 is 1. The predicted octanol–water partition coefficient (Wildman–Crippen LogP) is 4.35. The van der Waals surface area contributed by atoms with Crippen LogP contribution >= 0.6 is 0 Å². The van der Waals surface area contributed by atoms with Crippen LogP contribution < -0.4 is 9.47 Å². The highest BCUT2D eigenvalue weighted by molar-refractivity contribution is 5.49. The van der Waals surface area contributed by atoms with Crippen molar-refractivity contribution in [3.8, 4) is 11.5 Å². The molecular weight excluding hydrogens is 359 g/mol. The van der Waals surface area contributed by atoms with Crippen molar-refractivity contribution in [1.29, 1.82) is 0 Å². The predicted molar refractivity (Wildman–Crippen MR) is 98.3 cm³/mol. The summed E-state index contributed by atoms with van der Waals surface area (Å²) < 4.78 is 47.3. The number of aliphatic hydroxyl groups excluding tert-OH is 1. The van der Waals surface area contributed by atoms with E-state index in [0.29, 0.717) is 12.2 Å². The monoisotopic (exact) mass is 389 g/mol. The number of ether oxygens (including phenoxy) is 2. The fraction of sp³-hybridized carbons (Fsp3) is 0.700. The fourth-order valence-corrected chi connectivity index (χ4v) is 3.43. The first kappa shape index (κ1) is 21.8. The van der Waals surface area contributed by atoms with Gasteiger partial charge in [0.25, 0.3) is 0 Å². The summed E-state index contributed by atoms with van der Waals surface area (Å²) in [6, 6.07) is 3.50. The molecule has 1 fully saturated rings. The topological polar surface area (TPSA) is 41.9 Å². The van der Waals surface area contributed by atoms with Crippen molar-refractivity contribution in [2.75, 3.05) is 26.8 Å². The molecule has 2 heterocycles. The molecule has 2 aliphatic rings. The number of hydrogen-bond donors (Lipinski definition) is 1. The van der Waals surface area contributed by atoms with Crippen molar-refractivity contribution in [3.63, 3.8) is 0 Å². The summed E-state index contributed by atoms with van der Waals surface area (Å²) >= 11 is 0. The van der Waals surface area contributed by atoms with Gasteiger partial charge in [-0.15, -0.1) is 0 Å². The third-order valence-electron chi connectivity index (χ3n) is 4.53. The van der Waals surface area contributed by atoms with Gasteiger partial charge in [-0.3, -0.25) is 4.90 Å². The Kier molecular flexibility index (Phi) is 7.40. The van der Waals surface area contributed by atoms with Crippen molar-refractivity contribution in [1.82, 2.24) is 4.90 Å². The van der Waals surface area contributed by atoms with Crippen LogP contribution in [-0.4, -0.2) is 49.1 Å². The minimum Gasteiger partial charge on any atom is -0.493 e. The van der Waals surface area contributed by atoms with Crippen LogP contribution in [0.5, 0.6) is 11.5 Å². The van der Waals surface area contributed by atoms with Gasteiger partial charge in [-0.05, 0) is 48.4 Å². The van der Waals surface area contributed by atoms with Gasteiger partial charge in [0.05, 0.1) is 13.2 Å². The summed E-state index contributed by atoms with van der Waals surface area (Å²) in [4.78, 5) is 2.31. The maximum Gasteiger partial charge on any atom is 0.422 e. The third kappa shape index (κ3) is 6.28. The van der Waals surface area contributed by atoms with Gasteiger partial charge in [-0.1, -0.05) is 20.8 Å². The summed E-state index contributed by atoms with van der Waals surface area (Å²) in [7, 11) is 1.42. The molecule has 27 heavy (non-hydrogen) atoms. The highest BCUT2D eigenvalue weighted by Crippen LogP contribution is 2.42. The van der Waals surface area contributed by atoms with Crippen LogP contribution in [0.4, 0.5) is 13.2 Å². The summed E-state index contributed by atoms with van der Waals surface area (Å²) in [5.41, 5.74) is 1.99. The zero-order valence-corrected chi connectivity index (χ0v) is 16.5. The van der Waals surface area contributed by atoms with E-state index in [9.17, 15) is 18.3 Å². The van der Waals surface area contributed by atoms with Gasteiger partial charge in [-0.25, -0.2) is 0 Å². The molecule has 1 saturated heterocycles. The molecule has 154 valence electrons. The molecule has 1 aromatic rings. The minimum absolute atomic E-state index is 0.0908. The van der Waals surface area contributed by atoms with Crippen LogP contribution in [0.2, 0.25) is 0 Å². The largest absolute Gasteiger partial charge is 0.493 e. The number of alkyl halides is 3. The standard InChI is InChI=1S/C16H20F3NO3.C4H10/c1-22-14-8-12-10(6-15(14)23-9-16(17,18)19)2-4-20-5-3-11(21)7-13(12)20;1-4(2)3/h6,8,11,13,21H,2-5,7,9H2,1H3;4H,1-3H3.